The number of nitrogens with one attached hydrogen (secondary N) is 1. The smallest absolute Gasteiger partial charge is 0.141 e. The lowest BCUT2D eigenvalue weighted by atomic mass is 10.1. The van der Waals surface area contributed by atoms with Crippen LogP contribution in [0.4, 0.5) is 4.39 Å². The number of rotatable bonds is 2. The minimum atomic E-state index is -0.517. The van der Waals surface area contributed by atoms with Gasteiger partial charge in [0.2, 0.25) is 0 Å². The van der Waals surface area contributed by atoms with Crippen molar-refractivity contribution in [3.63, 3.8) is 0 Å². The second kappa shape index (κ2) is 3.72. The first-order valence-corrected chi connectivity index (χ1v) is 3.75. The first kappa shape index (κ1) is 9.27. The van der Waals surface area contributed by atoms with E-state index >= 15 is 0 Å². The fraction of sp³-hybridized carbons (Fsp3) is 0.100. The summed E-state index contributed by atoms with van der Waals surface area (Å²) in [6.45, 7) is 3.68. The Bertz CT molecular complexity index is 377. The molecule has 2 nitrogen and oxygen atoms in total. The van der Waals surface area contributed by atoms with Gasteiger partial charge in [0.25, 0.3) is 0 Å². The molecular formula is C10H9FN2. The van der Waals surface area contributed by atoms with Crippen LogP contribution in [0.25, 0.3) is 5.70 Å². The van der Waals surface area contributed by atoms with Gasteiger partial charge in [-0.15, -0.1) is 0 Å². The highest BCUT2D eigenvalue weighted by Crippen LogP contribution is 2.13. The van der Waals surface area contributed by atoms with Crippen LogP contribution in [-0.2, 0) is 0 Å². The van der Waals surface area contributed by atoms with Crippen molar-refractivity contribution in [3.8, 4) is 6.07 Å². The van der Waals surface area contributed by atoms with Crippen LogP contribution in [0.1, 0.15) is 11.1 Å². The molecule has 0 bridgehead atoms. The van der Waals surface area contributed by atoms with Gasteiger partial charge >= 0.3 is 0 Å². The predicted octanol–water partition coefficient (Wildman–Crippen LogP) is 1.89. The van der Waals surface area contributed by atoms with E-state index in [0.29, 0.717) is 11.3 Å². The van der Waals surface area contributed by atoms with Crippen LogP contribution in [0, 0.1) is 17.1 Å². The largest absolute Gasteiger partial charge is 0.388 e. The van der Waals surface area contributed by atoms with Crippen molar-refractivity contribution in [1.29, 1.82) is 5.26 Å². The molecule has 1 rings (SSSR count). The maximum Gasteiger partial charge on any atom is 0.141 e. The Morgan fingerprint density at radius 3 is 2.77 bits per heavy atom. The summed E-state index contributed by atoms with van der Waals surface area (Å²) >= 11 is 0. The Kier molecular flexibility index (Phi) is 2.65. The highest BCUT2D eigenvalue weighted by atomic mass is 19.1. The van der Waals surface area contributed by atoms with Crippen LogP contribution in [-0.4, -0.2) is 7.05 Å². The summed E-state index contributed by atoms with van der Waals surface area (Å²) in [6.07, 6.45) is 0. The molecule has 0 aliphatic rings. The Labute approximate surface area is 76.3 Å². The summed E-state index contributed by atoms with van der Waals surface area (Å²) in [5, 5.41) is 11.3. The van der Waals surface area contributed by atoms with Gasteiger partial charge in [0.1, 0.15) is 11.9 Å². The van der Waals surface area contributed by atoms with Gasteiger partial charge in [-0.3, -0.25) is 0 Å². The Morgan fingerprint density at radius 2 is 2.31 bits per heavy atom. The second-order valence-corrected chi connectivity index (χ2v) is 2.53. The van der Waals surface area contributed by atoms with Crippen molar-refractivity contribution in [2.45, 2.75) is 0 Å². The summed E-state index contributed by atoms with van der Waals surface area (Å²) in [5.41, 5.74) is 1.33. The molecule has 13 heavy (non-hydrogen) atoms. The molecule has 0 aliphatic carbocycles. The zero-order chi connectivity index (χ0) is 9.84. The lowest BCUT2D eigenvalue weighted by molar-refractivity contribution is 0.623. The third-order valence-corrected chi connectivity index (χ3v) is 1.74. The molecule has 0 saturated carbocycles. The molecule has 0 radical (unpaired) electrons. The maximum atomic E-state index is 13.1. The van der Waals surface area contributed by atoms with E-state index in [1.54, 1.807) is 19.2 Å². The molecule has 1 aromatic carbocycles. The minimum absolute atomic E-state index is 0.0488. The molecule has 0 spiro atoms. The highest BCUT2D eigenvalue weighted by molar-refractivity contribution is 5.62. The molecule has 0 aliphatic heterocycles. The van der Waals surface area contributed by atoms with Crippen LogP contribution in [0.5, 0.6) is 0 Å². The summed E-state index contributed by atoms with van der Waals surface area (Å²) in [6, 6.07) is 6.13. The van der Waals surface area contributed by atoms with Gasteiger partial charge in [-0.1, -0.05) is 12.6 Å². The Hall–Kier alpha value is -1.82. The van der Waals surface area contributed by atoms with Crippen molar-refractivity contribution in [2.24, 2.45) is 0 Å². The van der Waals surface area contributed by atoms with Gasteiger partial charge in [0.05, 0.1) is 5.56 Å². The summed E-state index contributed by atoms with van der Waals surface area (Å²) in [4.78, 5) is 0. The number of hydrogen-bond donors (Lipinski definition) is 1. The molecule has 3 heteroatoms. The third kappa shape index (κ3) is 1.85. The van der Waals surface area contributed by atoms with Gasteiger partial charge in [0.15, 0.2) is 0 Å². The molecule has 0 aromatic heterocycles. The molecular weight excluding hydrogens is 167 g/mol. The molecule has 0 saturated heterocycles. The van der Waals surface area contributed by atoms with Gasteiger partial charge < -0.3 is 5.32 Å². The van der Waals surface area contributed by atoms with Crippen LogP contribution >= 0.6 is 0 Å². The van der Waals surface area contributed by atoms with Gasteiger partial charge in [-0.2, -0.15) is 5.26 Å². The average molecular weight is 176 g/mol. The van der Waals surface area contributed by atoms with E-state index in [4.69, 9.17) is 5.26 Å². The van der Waals surface area contributed by atoms with Gasteiger partial charge in [-0.25, -0.2) is 4.39 Å². The molecule has 0 amide bonds. The monoisotopic (exact) mass is 176 g/mol. The van der Waals surface area contributed by atoms with Crippen LogP contribution in [0.15, 0.2) is 24.8 Å². The average Bonchev–Trinajstić information content (AvgIpc) is 2.16. The number of nitrogens with zero attached hydrogens (tertiary/aromatic N) is 1. The molecule has 0 fully saturated rings. The van der Waals surface area contributed by atoms with E-state index in [1.807, 2.05) is 0 Å². The standard InChI is InChI=1S/C10H9FN2/c1-7(13-2)8-3-4-9(6-12)10(11)5-8/h3-5,13H,1H2,2H3. The van der Waals surface area contributed by atoms with Crippen LogP contribution in [0.2, 0.25) is 0 Å². The Morgan fingerprint density at radius 1 is 1.62 bits per heavy atom. The molecule has 0 atom stereocenters. The molecule has 0 unspecified atom stereocenters. The Balaban J connectivity index is 3.11. The van der Waals surface area contributed by atoms with Crippen LogP contribution < -0.4 is 5.32 Å². The van der Waals surface area contributed by atoms with Gasteiger partial charge in [-0.05, 0) is 17.7 Å². The number of nitriles is 1. The number of hydrogen-bond acceptors (Lipinski definition) is 2. The quantitative estimate of drug-likeness (QED) is 0.746. The number of benzene rings is 1. The minimum Gasteiger partial charge on any atom is -0.388 e. The van der Waals surface area contributed by atoms with Crippen molar-refractivity contribution in [3.05, 3.63) is 41.7 Å². The van der Waals surface area contributed by atoms with Crippen molar-refractivity contribution >= 4 is 5.70 Å². The predicted molar refractivity (Wildman–Crippen MR) is 49.2 cm³/mol. The normalized spacial score (nSPS) is 9.00. The highest BCUT2D eigenvalue weighted by Gasteiger charge is 2.03. The van der Waals surface area contributed by atoms with Crippen molar-refractivity contribution < 1.29 is 4.39 Å². The third-order valence-electron chi connectivity index (χ3n) is 1.74. The molecule has 1 N–H and O–H groups in total. The first-order valence-electron chi connectivity index (χ1n) is 3.75. The van der Waals surface area contributed by atoms with E-state index in [-0.39, 0.29) is 5.56 Å². The molecule has 1 aromatic rings. The van der Waals surface area contributed by atoms with Crippen molar-refractivity contribution in [2.75, 3.05) is 7.05 Å². The maximum absolute atomic E-state index is 13.1. The summed E-state index contributed by atoms with van der Waals surface area (Å²) in [5.74, 6) is -0.517. The van der Waals surface area contributed by atoms with Gasteiger partial charge in [0, 0.05) is 12.7 Å². The van der Waals surface area contributed by atoms with E-state index in [1.165, 1.54) is 12.1 Å². The van der Waals surface area contributed by atoms with E-state index in [0.717, 1.165) is 0 Å². The second-order valence-electron chi connectivity index (χ2n) is 2.53. The fourth-order valence-corrected chi connectivity index (χ4v) is 0.938. The lowest BCUT2D eigenvalue weighted by Gasteiger charge is -2.04. The SMILES string of the molecule is C=C(NC)c1ccc(C#N)c(F)c1. The van der Waals surface area contributed by atoms with E-state index in [9.17, 15) is 4.39 Å². The fourth-order valence-electron chi connectivity index (χ4n) is 0.938. The summed E-state index contributed by atoms with van der Waals surface area (Å²) in [7, 11) is 1.71. The first-order chi connectivity index (χ1) is 6.19. The van der Waals surface area contributed by atoms with E-state index in [2.05, 4.69) is 11.9 Å². The zero-order valence-corrected chi connectivity index (χ0v) is 7.26. The summed E-state index contributed by atoms with van der Waals surface area (Å²) < 4.78 is 13.1. The van der Waals surface area contributed by atoms with Crippen LogP contribution in [0.3, 0.4) is 0 Å². The van der Waals surface area contributed by atoms with E-state index < -0.39 is 5.82 Å². The number of halogens is 1. The lowest BCUT2D eigenvalue weighted by Crippen LogP contribution is -2.03. The van der Waals surface area contributed by atoms with Crippen molar-refractivity contribution in [1.82, 2.24) is 5.32 Å². The zero-order valence-electron chi connectivity index (χ0n) is 7.26. The molecule has 0 heterocycles. The molecule has 66 valence electrons. The topological polar surface area (TPSA) is 35.8 Å².